The van der Waals surface area contributed by atoms with Gasteiger partial charge in [0.25, 0.3) is 0 Å². The number of thiocarbonyl (C=S) groups is 1. The normalized spacial score (nSPS) is 23.0. The van der Waals surface area contributed by atoms with Crippen LogP contribution in [0.2, 0.25) is 0 Å². The summed E-state index contributed by atoms with van der Waals surface area (Å²) >= 11 is 5.09. The van der Waals surface area contributed by atoms with Crippen molar-refractivity contribution in [3.8, 4) is 0 Å². The van der Waals surface area contributed by atoms with Crippen LogP contribution in [-0.4, -0.2) is 44.4 Å². The standard InChI is InChI=1S/C16H18N4O3S/c1-9-5-4-6-10(7-9)17-13(22)11-8-12(21)19-15(24)18-14(23)16(2,3)20(11)19/h4-7,11H,8H2,1-3H3,(H,17,22)(H,18,23,24). The van der Waals surface area contributed by atoms with Gasteiger partial charge in [0, 0.05) is 5.69 Å². The molecule has 2 saturated heterocycles. The molecule has 1 aromatic rings. The summed E-state index contributed by atoms with van der Waals surface area (Å²) in [6.45, 7) is 5.23. The van der Waals surface area contributed by atoms with Crippen LogP contribution in [0, 0.1) is 6.92 Å². The number of hydrogen-bond donors (Lipinski definition) is 2. The SMILES string of the molecule is Cc1cccc(NC(=O)C2CC(=O)N3C(=S)NC(=O)C(C)(C)N23)c1. The molecular formula is C16H18N4O3S. The van der Waals surface area contributed by atoms with Crippen LogP contribution in [0.1, 0.15) is 25.8 Å². The van der Waals surface area contributed by atoms with E-state index in [0.717, 1.165) is 5.56 Å². The zero-order valence-corrected chi connectivity index (χ0v) is 14.4. The molecule has 3 amide bonds. The lowest BCUT2D eigenvalue weighted by Gasteiger charge is -2.45. The van der Waals surface area contributed by atoms with Crippen molar-refractivity contribution in [2.75, 3.05) is 5.32 Å². The first-order valence-electron chi connectivity index (χ1n) is 7.57. The van der Waals surface area contributed by atoms with E-state index in [9.17, 15) is 14.4 Å². The predicted molar refractivity (Wildman–Crippen MR) is 91.7 cm³/mol. The van der Waals surface area contributed by atoms with Crippen molar-refractivity contribution >= 4 is 40.7 Å². The van der Waals surface area contributed by atoms with Gasteiger partial charge in [-0.25, -0.2) is 5.01 Å². The van der Waals surface area contributed by atoms with Gasteiger partial charge in [-0.05, 0) is 50.7 Å². The molecule has 0 aromatic heterocycles. The molecular weight excluding hydrogens is 328 g/mol. The highest BCUT2D eigenvalue weighted by Crippen LogP contribution is 2.32. The van der Waals surface area contributed by atoms with Gasteiger partial charge in [0.2, 0.25) is 17.7 Å². The Balaban J connectivity index is 1.90. The lowest BCUT2D eigenvalue weighted by atomic mass is 10.00. The highest BCUT2D eigenvalue weighted by atomic mass is 32.1. The Kier molecular flexibility index (Phi) is 3.89. The number of nitrogens with zero attached hydrogens (tertiary/aromatic N) is 2. The fourth-order valence-corrected chi connectivity index (χ4v) is 3.29. The van der Waals surface area contributed by atoms with Gasteiger partial charge < -0.3 is 5.32 Å². The number of carbonyl (C=O) groups is 3. The molecule has 2 heterocycles. The van der Waals surface area contributed by atoms with E-state index in [0.29, 0.717) is 5.69 Å². The zero-order valence-electron chi connectivity index (χ0n) is 13.6. The molecule has 0 aliphatic carbocycles. The van der Waals surface area contributed by atoms with E-state index >= 15 is 0 Å². The van der Waals surface area contributed by atoms with Crippen LogP contribution < -0.4 is 10.6 Å². The van der Waals surface area contributed by atoms with E-state index in [2.05, 4.69) is 10.6 Å². The molecule has 0 bridgehead atoms. The van der Waals surface area contributed by atoms with E-state index in [1.165, 1.54) is 10.0 Å². The summed E-state index contributed by atoms with van der Waals surface area (Å²) in [4.78, 5) is 37.3. The minimum Gasteiger partial charge on any atom is -0.325 e. The van der Waals surface area contributed by atoms with Crippen LogP contribution in [0.25, 0.3) is 0 Å². The molecule has 3 rings (SSSR count). The Labute approximate surface area is 145 Å². The van der Waals surface area contributed by atoms with Crippen LogP contribution in [-0.2, 0) is 14.4 Å². The van der Waals surface area contributed by atoms with E-state index in [1.54, 1.807) is 19.9 Å². The van der Waals surface area contributed by atoms with Crippen molar-refractivity contribution in [1.29, 1.82) is 0 Å². The molecule has 2 aliphatic heterocycles. The number of fused-ring (bicyclic) bond motifs is 1. The Hall–Kier alpha value is -2.32. The highest BCUT2D eigenvalue weighted by Gasteiger charge is 2.56. The molecule has 0 spiro atoms. The van der Waals surface area contributed by atoms with Crippen molar-refractivity contribution in [3.05, 3.63) is 29.8 Å². The molecule has 7 nitrogen and oxygen atoms in total. The van der Waals surface area contributed by atoms with Crippen LogP contribution in [0.3, 0.4) is 0 Å². The first-order chi connectivity index (χ1) is 11.2. The Morgan fingerprint density at radius 3 is 2.75 bits per heavy atom. The lowest BCUT2D eigenvalue weighted by molar-refractivity contribution is -0.154. The molecule has 2 N–H and O–H groups in total. The number of benzene rings is 1. The minimum atomic E-state index is -1.07. The van der Waals surface area contributed by atoms with Crippen LogP contribution >= 0.6 is 12.2 Å². The molecule has 0 radical (unpaired) electrons. The Bertz CT molecular complexity index is 761. The fourth-order valence-electron chi connectivity index (χ4n) is 3.01. The number of hydrogen-bond acceptors (Lipinski definition) is 5. The number of amides is 3. The molecule has 2 aliphatic rings. The number of rotatable bonds is 2. The quantitative estimate of drug-likeness (QED) is 0.779. The molecule has 2 fully saturated rings. The summed E-state index contributed by atoms with van der Waals surface area (Å²) in [6, 6.07) is 6.58. The van der Waals surface area contributed by atoms with Crippen LogP contribution in [0.15, 0.2) is 24.3 Å². The molecule has 8 heteroatoms. The number of nitrogens with one attached hydrogen (secondary N) is 2. The monoisotopic (exact) mass is 346 g/mol. The summed E-state index contributed by atoms with van der Waals surface area (Å²) in [5.41, 5.74) is 0.590. The minimum absolute atomic E-state index is 0.00943. The predicted octanol–water partition coefficient (Wildman–Crippen LogP) is 0.945. The van der Waals surface area contributed by atoms with Crippen molar-refractivity contribution in [1.82, 2.24) is 15.3 Å². The highest BCUT2D eigenvalue weighted by molar-refractivity contribution is 7.80. The summed E-state index contributed by atoms with van der Waals surface area (Å²) in [5, 5.41) is 8.03. The van der Waals surface area contributed by atoms with E-state index in [-0.39, 0.29) is 29.3 Å². The maximum atomic E-state index is 12.7. The summed E-state index contributed by atoms with van der Waals surface area (Å²) in [5.74, 6) is -0.994. The summed E-state index contributed by atoms with van der Waals surface area (Å²) in [7, 11) is 0. The fraction of sp³-hybridized carbons (Fsp3) is 0.375. The Morgan fingerprint density at radius 2 is 2.08 bits per heavy atom. The maximum absolute atomic E-state index is 12.7. The molecule has 1 aromatic carbocycles. The van der Waals surface area contributed by atoms with Gasteiger partial charge in [0.15, 0.2) is 5.11 Å². The largest absolute Gasteiger partial charge is 0.325 e. The van der Waals surface area contributed by atoms with Crippen molar-refractivity contribution in [2.24, 2.45) is 0 Å². The number of anilines is 1. The molecule has 24 heavy (non-hydrogen) atoms. The van der Waals surface area contributed by atoms with Crippen LogP contribution in [0.4, 0.5) is 5.69 Å². The van der Waals surface area contributed by atoms with Gasteiger partial charge in [-0.1, -0.05) is 12.1 Å². The van der Waals surface area contributed by atoms with Gasteiger partial charge in [-0.2, -0.15) is 5.01 Å². The lowest BCUT2D eigenvalue weighted by Crippen LogP contribution is -2.71. The third kappa shape index (κ3) is 2.57. The smallest absolute Gasteiger partial charge is 0.248 e. The van der Waals surface area contributed by atoms with Crippen molar-refractivity contribution in [2.45, 2.75) is 38.8 Å². The van der Waals surface area contributed by atoms with Gasteiger partial charge in [0.05, 0.1) is 6.42 Å². The third-order valence-corrected chi connectivity index (χ3v) is 4.52. The third-order valence-electron chi connectivity index (χ3n) is 4.24. The second-order valence-electron chi connectivity index (χ2n) is 6.45. The molecule has 126 valence electrons. The van der Waals surface area contributed by atoms with Gasteiger partial charge in [0.1, 0.15) is 11.6 Å². The van der Waals surface area contributed by atoms with Crippen molar-refractivity contribution in [3.63, 3.8) is 0 Å². The van der Waals surface area contributed by atoms with Crippen molar-refractivity contribution < 1.29 is 14.4 Å². The van der Waals surface area contributed by atoms with Crippen LogP contribution in [0.5, 0.6) is 0 Å². The molecule has 0 saturated carbocycles. The Morgan fingerprint density at radius 1 is 1.38 bits per heavy atom. The zero-order chi connectivity index (χ0) is 17.6. The van der Waals surface area contributed by atoms with Gasteiger partial charge >= 0.3 is 0 Å². The van der Waals surface area contributed by atoms with Gasteiger partial charge in [-0.15, -0.1) is 0 Å². The molecule has 1 atom stereocenters. The maximum Gasteiger partial charge on any atom is 0.248 e. The average molecular weight is 346 g/mol. The summed E-state index contributed by atoms with van der Waals surface area (Å²) < 4.78 is 0. The molecule has 1 unspecified atom stereocenters. The van der Waals surface area contributed by atoms with E-state index in [1.807, 2.05) is 25.1 Å². The second-order valence-corrected chi connectivity index (χ2v) is 6.83. The number of carbonyl (C=O) groups excluding carboxylic acids is 3. The van der Waals surface area contributed by atoms with E-state index in [4.69, 9.17) is 12.2 Å². The second kappa shape index (κ2) is 5.64. The summed E-state index contributed by atoms with van der Waals surface area (Å²) in [6.07, 6.45) is -0.0316. The van der Waals surface area contributed by atoms with E-state index < -0.39 is 11.6 Å². The number of aryl methyl sites for hydroxylation is 1. The number of hydrazine groups is 1. The first kappa shape index (κ1) is 16.5. The average Bonchev–Trinajstić information content (AvgIpc) is 2.84. The topological polar surface area (TPSA) is 81.8 Å². The first-order valence-corrected chi connectivity index (χ1v) is 7.98. The van der Waals surface area contributed by atoms with Gasteiger partial charge in [-0.3, -0.25) is 19.7 Å².